The van der Waals surface area contributed by atoms with Crippen LogP contribution in [0.25, 0.3) is 54.9 Å². The highest BCUT2D eigenvalue weighted by molar-refractivity contribution is 6.12. The van der Waals surface area contributed by atoms with Gasteiger partial charge in [0.15, 0.2) is 0 Å². The second-order valence-corrected chi connectivity index (χ2v) is 15.3. The second-order valence-electron chi connectivity index (χ2n) is 15.3. The van der Waals surface area contributed by atoms with Crippen LogP contribution in [0.4, 0.5) is 17.1 Å². The van der Waals surface area contributed by atoms with Gasteiger partial charge < -0.3 is 4.90 Å². The summed E-state index contributed by atoms with van der Waals surface area (Å²) in [6.07, 6.45) is 0. The molecule has 0 heterocycles. The topological polar surface area (TPSA) is 3.24 Å². The molecule has 0 radical (unpaired) electrons. The van der Waals surface area contributed by atoms with Crippen molar-refractivity contribution in [2.75, 3.05) is 4.90 Å². The molecule has 0 saturated heterocycles. The molecule has 0 amide bonds. The smallest absolute Gasteiger partial charge is 0.0543 e. The number of nitrogens with zero attached hydrogens (tertiary/aromatic N) is 1. The zero-order valence-electron chi connectivity index (χ0n) is 29.5. The van der Waals surface area contributed by atoms with Crippen molar-refractivity contribution in [2.45, 2.75) is 38.5 Å². The maximum Gasteiger partial charge on any atom is 0.0543 e. The van der Waals surface area contributed by atoms with Gasteiger partial charge in [-0.15, -0.1) is 0 Å². The summed E-state index contributed by atoms with van der Waals surface area (Å²) in [6.45, 7) is 9.46. The Kier molecular flexibility index (Phi) is 6.34. The van der Waals surface area contributed by atoms with E-state index < -0.39 is 0 Å². The molecule has 2 aliphatic rings. The van der Waals surface area contributed by atoms with Crippen LogP contribution >= 0.6 is 0 Å². The van der Waals surface area contributed by atoms with E-state index in [1.165, 1.54) is 88.6 Å². The standard InChI is InChI=1S/C50H39N/c1-49(2)44-20-10-8-16-42(44)48-45(49)21-12-22-47(48)51(35-28-30-41-40-15-7-9-19-43(40)50(3,4)46(41)31-35)34-26-23-33(24-27-34)37-17-11-18-38-36-14-6-5-13-32(36)25-29-39(37)38/h5-31H,1-4H3. The van der Waals surface area contributed by atoms with Crippen LogP contribution in [0, 0.1) is 0 Å². The third kappa shape index (κ3) is 4.28. The van der Waals surface area contributed by atoms with Gasteiger partial charge in [0, 0.05) is 27.8 Å². The maximum absolute atomic E-state index is 2.50. The van der Waals surface area contributed by atoms with Crippen LogP contribution in [0.5, 0.6) is 0 Å². The zero-order valence-corrected chi connectivity index (χ0v) is 29.5. The van der Waals surface area contributed by atoms with Gasteiger partial charge >= 0.3 is 0 Å². The van der Waals surface area contributed by atoms with Crippen molar-refractivity contribution in [2.24, 2.45) is 0 Å². The van der Waals surface area contributed by atoms with E-state index in [9.17, 15) is 0 Å². The molecular weight excluding hydrogens is 615 g/mol. The lowest BCUT2D eigenvalue weighted by Gasteiger charge is -2.30. The molecule has 0 unspecified atom stereocenters. The monoisotopic (exact) mass is 653 g/mol. The van der Waals surface area contributed by atoms with Gasteiger partial charge in [-0.1, -0.05) is 161 Å². The van der Waals surface area contributed by atoms with E-state index in [1.54, 1.807) is 0 Å². The summed E-state index contributed by atoms with van der Waals surface area (Å²) in [5.74, 6) is 0. The SMILES string of the molecule is CC1(C)c2ccccc2-c2ccc(N(c3ccc(-c4cccc5c4ccc4ccccc45)cc3)c3cccc4c3-c3ccccc3C4(C)C)cc21. The quantitative estimate of drug-likeness (QED) is 0.171. The highest BCUT2D eigenvalue weighted by Crippen LogP contribution is 2.55. The molecule has 0 bridgehead atoms. The molecule has 1 heteroatoms. The van der Waals surface area contributed by atoms with Gasteiger partial charge in [-0.3, -0.25) is 0 Å². The molecule has 0 N–H and O–H groups in total. The Hall–Kier alpha value is -5.92. The molecule has 0 atom stereocenters. The van der Waals surface area contributed by atoms with Crippen LogP contribution in [0.2, 0.25) is 0 Å². The number of benzene rings is 8. The molecule has 0 aromatic heterocycles. The van der Waals surface area contributed by atoms with Gasteiger partial charge in [0.1, 0.15) is 0 Å². The summed E-state index contributed by atoms with van der Waals surface area (Å²) in [7, 11) is 0. The first-order chi connectivity index (χ1) is 24.8. The first-order valence-electron chi connectivity index (χ1n) is 18.1. The van der Waals surface area contributed by atoms with Crippen LogP contribution in [0.15, 0.2) is 164 Å². The van der Waals surface area contributed by atoms with Gasteiger partial charge in [0.25, 0.3) is 0 Å². The normalized spacial score (nSPS) is 14.6. The van der Waals surface area contributed by atoms with Crippen molar-refractivity contribution in [3.05, 3.63) is 186 Å². The van der Waals surface area contributed by atoms with Gasteiger partial charge in [-0.25, -0.2) is 0 Å². The summed E-state index contributed by atoms with van der Waals surface area (Å²) < 4.78 is 0. The first kappa shape index (κ1) is 29.9. The molecule has 0 saturated carbocycles. The molecule has 1 nitrogen and oxygen atoms in total. The van der Waals surface area contributed by atoms with Gasteiger partial charge in [-0.05, 0) is 102 Å². The molecule has 0 spiro atoms. The highest BCUT2D eigenvalue weighted by Gasteiger charge is 2.39. The Morgan fingerprint density at radius 1 is 0.373 bits per heavy atom. The van der Waals surface area contributed by atoms with Crippen molar-refractivity contribution in [1.82, 2.24) is 0 Å². The fraction of sp³-hybridized carbons (Fsp3) is 0.120. The van der Waals surface area contributed by atoms with Gasteiger partial charge in [0.2, 0.25) is 0 Å². The molecule has 244 valence electrons. The minimum atomic E-state index is -0.0940. The molecular formula is C50H39N. The lowest BCUT2D eigenvalue weighted by molar-refractivity contribution is 0.660. The summed E-state index contributed by atoms with van der Waals surface area (Å²) in [6, 6.07) is 61.0. The van der Waals surface area contributed by atoms with Crippen molar-refractivity contribution in [3.8, 4) is 33.4 Å². The van der Waals surface area contributed by atoms with Crippen LogP contribution in [0.3, 0.4) is 0 Å². The van der Waals surface area contributed by atoms with Crippen LogP contribution in [-0.4, -0.2) is 0 Å². The Morgan fingerprint density at radius 3 is 1.78 bits per heavy atom. The van der Waals surface area contributed by atoms with Gasteiger partial charge in [0.05, 0.1) is 5.69 Å². The van der Waals surface area contributed by atoms with E-state index in [4.69, 9.17) is 0 Å². The number of rotatable bonds is 4. The molecule has 2 aliphatic carbocycles. The first-order valence-corrected chi connectivity index (χ1v) is 18.1. The Labute approximate surface area is 300 Å². The summed E-state index contributed by atoms with van der Waals surface area (Å²) in [5, 5.41) is 5.14. The fourth-order valence-electron chi connectivity index (χ4n) is 9.26. The van der Waals surface area contributed by atoms with E-state index >= 15 is 0 Å². The molecule has 8 aromatic rings. The van der Waals surface area contributed by atoms with Crippen LogP contribution in [0.1, 0.15) is 49.9 Å². The lowest BCUT2D eigenvalue weighted by atomic mass is 9.82. The maximum atomic E-state index is 2.50. The molecule has 0 fully saturated rings. The number of hydrogen-bond acceptors (Lipinski definition) is 1. The van der Waals surface area contributed by atoms with Crippen molar-refractivity contribution in [1.29, 1.82) is 0 Å². The van der Waals surface area contributed by atoms with E-state index in [0.717, 1.165) is 5.69 Å². The van der Waals surface area contributed by atoms with E-state index in [0.29, 0.717) is 0 Å². The summed E-state index contributed by atoms with van der Waals surface area (Å²) in [4.78, 5) is 2.50. The highest BCUT2D eigenvalue weighted by atomic mass is 15.1. The minimum Gasteiger partial charge on any atom is -0.310 e. The van der Waals surface area contributed by atoms with Crippen molar-refractivity contribution >= 4 is 38.6 Å². The third-order valence-corrected chi connectivity index (χ3v) is 11.9. The van der Waals surface area contributed by atoms with Crippen molar-refractivity contribution < 1.29 is 0 Å². The molecule has 8 aromatic carbocycles. The van der Waals surface area contributed by atoms with Crippen LogP contribution in [-0.2, 0) is 10.8 Å². The minimum absolute atomic E-state index is 0.0857. The third-order valence-electron chi connectivity index (χ3n) is 11.9. The van der Waals surface area contributed by atoms with E-state index in [-0.39, 0.29) is 10.8 Å². The number of anilines is 3. The summed E-state index contributed by atoms with van der Waals surface area (Å²) >= 11 is 0. The Balaban J connectivity index is 1.17. The largest absolute Gasteiger partial charge is 0.310 e. The number of hydrogen-bond donors (Lipinski definition) is 0. The van der Waals surface area contributed by atoms with E-state index in [1.807, 2.05) is 0 Å². The Bertz CT molecular complexity index is 2690. The molecule has 10 rings (SSSR count). The molecule has 0 aliphatic heterocycles. The predicted molar refractivity (Wildman–Crippen MR) is 217 cm³/mol. The summed E-state index contributed by atoms with van der Waals surface area (Å²) in [5.41, 5.74) is 16.7. The fourth-order valence-corrected chi connectivity index (χ4v) is 9.26. The zero-order chi connectivity index (χ0) is 34.5. The van der Waals surface area contributed by atoms with E-state index in [2.05, 4.69) is 196 Å². The average molecular weight is 654 g/mol. The second kappa shape index (κ2) is 10.8. The Morgan fingerprint density at radius 2 is 0.961 bits per heavy atom. The van der Waals surface area contributed by atoms with Crippen LogP contribution < -0.4 is 4.90 Å². The predicted octanol–water partition coefficient (Wildman–Crippen LogP) is 13.7. The number of fused-ring (bicyclic) bond motifs is 9. The average Bonchev–Trinajstić information content (AvgIpc) is 3.55. The lowest BCUT2D eigenvalue weighted by Crippen LogP contribution is -2.17. The molecule has 51 heavy (non-hydrogen) atoms. The van der Waals surface area contributed by atoms with Gasteiger partial charge in [-0.2, -0.15) is 0 Å². The van der Waals surface area contributed by atoms with Crippen molar-refractivity contribution in [3.63, 3.8) is 0 Å².